The van der Waals surface area contributed by atoms with E-state index in [4.69, 9.17) is 10.5 Å². The molecule has 112 valence electrons. The van der Waals surface area contributed by atoms with E-state index in [0.29, 0.717) is 17.1 Å². The fourth-order valence-corrected chi connectivity index (χ4v) is 2.12. The van der Waals surface area contributed by atoms with Gasteiger partial charge in [-0.2, -0.15) is 0 Å². The first-order chi connectivity index (χ1) is 10.8. The van der Waals surface area contributed by atoms with Gasteiger partial charge in [-0.25, -0.2) is 9.07 Å². The summed E-state index contributed by atoms with van der Waals surface area (Å²) in [4.78, 5) is 0. The molecule has 22 heavy (non-hydrogen) atoms. The van der Waals surface area contributed by atoms with Crippen LogP contribution in [-0.4, -0.2) is 15.0 Å². The molecule has 0 saturated heterocycles. The van der Waals surface area contributed by atoms with Crippen molar-refractivity contribution in [1.29, 1.82) is 0 Å². The monoisotopic (exact) mass is 298 g/mol. The molecule has 0 saturated carbocycles. The van der Waals surface area contributed by atoms with Gasteiger partial charge in [0.15, 0.2) is 0 Å². The van der Waals surface area contributed by atoms with Gasteiger partial charge in [0.2, 0.25) is 0 Å². The number of benzene rings is 2. The average Bonchev–Trinajstić information content (AvgIpc) is 2.97. The van der Waals surface area contributed by atoms with Crippen LogP contribution in [0.4, 0.5) is 4.39 Å². The Kier molecular flexibility index (Phi) is 4.11. The maximum absolute atomic E-state index is 13.4. The molecule has 1 heterocycles. The molecule has 0 radical (unpaired) electrons. The maximum atomic E-state index is 13.4. The largest absolute Gasteiger partial charge is 0.487 e. The first-order valence-electron chi connectivity index (χ1n) is 6.85. The Balaban J connectivity index is 1.90. The lowest BCUT2D eigenvalue weighted by Gasteiger charge is -2.09. The third kappa shape index (κ3) is 2.96. The second kappa shape index (κ2) is 6.36. The molecule has 0 aliphatic carbocycles. The van der Waals surface area contributed by atoms with Gasteiger partial charge in [0.05, 0.1) is 5.69 Å². The van der Waals surface area contributed by atoms with Gasteiger partial charge in [0, 0.05) is 6.54 Å². The summed E-state index contributed by atoms with van der Waals surface area (Å²) in [5, 5.41) is 8.09. The van der Waals surface area contributed by atoms with Gasteiger partial charge >= 0.3 is 0 Å². The zero-order chi connectivity index (χ0) is 15.4. The van der Waals surface area contributed by atoms with E-state index < -0.39 is 0 Å². The Morgan fingerprint density at radius 2 is 1.91 bits per heavy atom. The van der Waals surface area contributed by atoms with E-state index >= 15 is 0 Å². The lowest BCUT2D eigenvalue weighted by atomic mass is 10.2. The van der Waals surface area contributed by atoms with E-state index in [0.717, 1.165) is 5.75 Å². The molecule has 1 aromatic heterocycles. The topological polar surface area (TPSA) is 66.0 Å². The van der Waals surface area contributed by atoms with E-state index in [1.54, 1.807) is 16.8 Å². The lowest BCUT2D eigenvalue weighted by molar-refractivity contribution is 0.296. The second-order valence-electron chi connectivity index (χ2n) is 4.68. The van der Waals surface area contributed by atoms with Crippen molar-refractivity contribution in [3.05, 3.63) is 71.8 Å². The normalized spacial score (nSPS) is 10.6. The zero-order valence-electron chi connectivity index (χ0n) is 11.8. The molecular weight excluding hydrogens is 283 g/mol. The molecule has 3 aromatic rings. The van der Waals surface area contributed by atoms with Crippen molar-refractivity contribution >= 4 is 0 Å². The van der Waals surface area contributed by atoms with Gasteiger partial charge in [-0.05, 0) is 30.3 Å². The van der Waals surface area contributed by atoms with Crippen LogP contribution in [0.15, 0.2) is 54.6 Å². The smallest absolute Gasteiger partial charge is 0.132 e. The summed E-state index contributed by atoms with van der Waals surface area (Å²) in [5.41, 5.74) is 7.61. The first-order valence-corrected chi connectivity index (χ1v) is 6.85. The van der Waals surface area contributed by atoms with Crippen molar-refractivity contribution in [2.75, 3.05) is 0 Å². The van der Waals surface area contributed by atoms with E-state index in [-0.39, 0.29) is 19.0 Å². The van der Waals surface area contributed by atoms with Crippen molar-refractivity contribution in [2.24, 2.45) is 5.73 Å². The molecule has 2 aromatic carbocycles. The van der Waals surface area contributed by atoms with Crippen LogP contribution < -0.4 is 10.5 Å². The average molecular weight is 298 g/mol. The highest BCUT2D eigenvalue weighted by Gasteiger charge is 2.14. The maximum Gasteiger partial charge on any atom is 0.132 e. The molecule has 0 aliphatic heterocycles. The van der Waals surface area contributed by atoms with E-state index in [1.165, 1.54) is 12.1 Å². The van der Waals surface area contributed by atoms with Gasteiger partial charge in [0.25, 0.3) is 0 Å². The molecule has 0 fully saturated rings. The van der Waals surface area contributed by atoms with Crippen LogP contribution in [0.3, 0.4) is 0 Å². The third-order valence-electron chi connectivity index (χ3n) is 3.21. The molecule has 0 amide bonds. The molecule has 2 N–H and O–H groups in total. The second-order valence-corrected chi connectivity index (χ2v) is 4.68. The summed E-state index contributed by atoms with van der Waals surface area (Å²) in [7, 11) is 0. The highest BCUT2D eigenvalue weighted by molar-refractivity contribution is 5.34. The van der Waals surface area contributed by atoms with Crippen molar-refractivity contribution in [2.45, 2.75) is 13.2 Å². The van der Waals surface area contributed by atoms with Crippen LogP contribution in [-0.2, 0) is 13.2 Å². The Labute approximate surface area is 127 Å². The minimum atomic E-state index is -0.336. The number of nitrogens with two attached hydrogens (primary N) is 1. The zero-order valence-corrected chi connectivity index (χ0v) is 11.8. The highest BCUT2D eigenvalue weighted by Crippen LogP contribution is 2.17. The van der Waals surface area contributed by atoms with E-state index in [9.17, 15) is 4.39 Å². The number of nitrogens with zero attached hydrogens (tertiary/aromatic N) is 3. The molecule has 5 nitrogen and oxygen atoms in total. The van der Waals surface area contributed by atoms with Crippen LogP contribution in [0, 0.1) is 5.82 Å². The van der Waals surface area contributed by atoms with Gasteiger partial charge in [0.1, 0.15) is 29.6 Å². The first kappa shape index (κ1) is 14.2. The predicted molar refractivity (Wildman–Crippen MR) is 80.0 cm³/mol. The Bertz CT molecular complexity index is 758. The van der Waals surface area contributed by atoms with Crippen molar-refractivity contribution in [3.63, 3.8) is 0 Å². The number of ether oxygens (including phenoxy) is 1. The number of para-hydroxylation sites is 1. The molecule has 6 heteroatoms. The van der Waals surface area contributed by atoms with Crippen LogP contribution >= 0.6 is 0 Å². The van der Waals surface area contributed by atoms with Crippen LogP contribution in [0.25, 0.3) is 5.69 Å². The molecule has 3 rings (SSSR count). The standard InChI is InChI=1S/C16H15FN4O/c17-12-5-4-6-13(9-12)21-16(15(10-18)19-20-21)11-22-14-7-2-1-3-8-14/h1-9H,10-11,18H2. The SMILES string of the molecule is NCc1nnn(-c2cccc(F)c2)c1COc1ccccc1. The summed E-state index contributed by atoms with van der Waals surface area (Å²) >= 11 is 0. The summed E-state index contributed by atoms with van der Waals surface area (Å²) in [6.45, 7) is 0.489. The predicted octanol–water partition coefficient (Wildman–Crippen LogP) is 2.44. The Morgan fingerprint density at radius 1 is 1.09 bits per heavy atom. The number of hydrogen-bond donors (Lipinski definition) is 1. The van der Waals surface area contributed by atoms with Crippen LogP contribution in [0.1, 0.15) is 11.4 Å². The third-order valence-corrected chi connectivity index (χ3v) is 3.21. The van der Waals surface area contributed by atoms with Gasteiger partial charge in [-0.3, -0.25) is 0 Å². The number of aromatic nitrogens is 3. The Hall–Kier alpha value is -2.73. The Morgan fingerprint density at radius 3 is 2.64 bits per heavy atom. The summed E-state index contributed by atoms with van der Waals surface area (Å²) in [6, 6.07) is 15.6. The van der Waals surface area contributed by atoms with E-state index in [2.05, 4.69) is 10.3 Å². The van der Waals surface area contributed by atoms with Crippen molar-refractivity contribution < 1.29 is 9.13 Å². The summed E-state index contributed by atoms with van der Waals surface area (Å²) < 4.78 is 20.7. The van der Waals surface area contributed by atoms with E-state index in [1.807, 2.05) is 30.3 Å². The number of halogens is 1. The molecule has 0 spiro atoms. The molecule has 0 bridgehead atoms. The van der Waals surface area contributed by atoms with Gasteiger partial charge < -0.3 is 10.5 Å². The number of hydrogen-bond acceptors (Lipinski definition) is 4. The van der Waals surface area contributed by atoms with Crippen molar-refractivity contribution in [3.8, 4) is 11.4 Å². The lowest BCUT2D eigenvalue weighted by Crippen LogP contribution is -2.09. The minimum absolute atomic E-state index is 0.239. The molecule has 0 atom stereocenters. The van der Waals surface area contributed by atoms with Gasteiger partial charge in [-0.1, -0.05) is 29.5 Å². The van der Waals surface area contributed by atoms with Crippen molar-refractivity contribution in [1.82, 2.24) is 15.0 Å². The fraction of sp³-hybridized carbons (Fsp3) is 0.125. The van der Waals surface area contributed by atoms with Crippen LogP contribution in [0.2, 0.25) is 0 Å². The quantitative estimate of drug-likeness (QED) is 0.785. The summed E-state index contributed by atoms with van der Waals surface area (Å²) in [6.07, 6.45) is 0. The summed E-state index contributed by atoms with van der Waals surface area (Å²) in [5.74, 6) is 0.398. The van der Waals surface area contributed by atoms with Gasteiger partial charge in [-0.15, -0.1) is 5.10 Å². The highest BCUT2D eigenvalue weighted by atomic mass is 19.1. The van der Waals surface area contributed by atoms with Crippen LogP contribution in [0.5, 0.6) is 5.75 Å². The molecule has 0 aliphatic rings. The molecular formula is C16H15FN4O. The fourth-order valence-electron chi connectivity index (χ4n) is 2.12. The minimum Gasteiger partial charge on any atom is -0.487 e. The molecule has 0 unspecified atom stereocenters. The number of rotatable bonds is 5.